The van der Waals surface area contributed by atoms with Crippen molar-refractivity contribution in [1.82, 2.24) is 10.2 Å². The van der Waals surface area contributed by atoms with Crippen LogP contribution >= 0.6 is 0 Å². The monoisotopic (exact) mass is 398 g/mol. The van der Waals surface area contributed by atoms with Crippen molar-refractivity contribution < 1.29 is 9.90 Å². The van der Waals surface area contributed by atoms with Crippen molar-refractivity contribution >= 4 is 5.78 Å². The van der Waals surface area contributed by atoms with Crippen molar-refractivity contribution in [3.05, 3.63) is 18.0 Å². The number of H-pyrrole nitrogens is 1. The molecule has 1 aromatic rings. The number of aliphatic hydroxyl groups is 1. The Bertz CT molecular complexity index is 776. The third-order valence-electron chi connectivity index (χ3n) is 10.4. The fourth-order valence-corrected chi connectivity index (χ4v) is 8.89. The number of fused-ring (bicyclic) bond motifs is 5. The van der Waals surface area contributed by atoms with Crippen LogP contribution in [0.15, 0.2) is 12.3 Å². The number of Topliss-reactive ketones (excluding diaryl/α,β-unsaturated/α-hetero) is 1. The van der Waals surface area contributed by atoms with Crippen LogP contribution in [0.1, 0.15) is 84.3 Å². The first-order valence-corrected chi connectivity index (χ1v) is 12.0. The molecule has 0 spiro atoms. The van der Waals surface area contributed by atoms with E-state index in [9.17, 15) is 9.90 Å². The number of nitrogens with zero attached hydrogens (tertiary/aromatic N) is 1. The topological polar surface area (TPSA) is 66.0 Å². The summed E-state index contributed by atoms with van der Waals surface area (Å²) < 4.78 is 0. The number of aromatic amines is 1. The van der Waals surface area contributed by atoms with Crippen LogP contribution in [-0.2, 0) is 11.2 Å². The van der Waals surface area contributed by atoms with Crippen molar-refractivity contribution in [3.8, 4) is 0 Å². The highest BCUT2D eigenvalue weighted by Crippen LogP contribution is 2.68. The summed E-state index contributed by atoms with van der Waals surface area (Å²) in [6.07, 6.45) is 12.9. The fourth-order valence-electron chi connectivity index (χ4n) is 8.89. The van der Waals surface area contributed by atoms with E-state index in [1.807, 2.05) is 13.0 Å². The highest BCUT2D eigenvalue weighted by Gasteiger charge is 2.61. The van der Waals surface area contributed by atoms with E-state index in [0.717, 1.165) is 49.1 Å². The number of nitrogens with one attached hydrogen (secondary N) is 1. The van der Waals surface area contributed by atoms with Gasteiger partial charge < -0.3 is 5.11 Å². The molecule has 0 radical (unpaired) electrons. The molecule has 0 bridgehead atoms. The second kappa shape index (κ2) is 6.67. The van der Waals surface area contributed by atoms with E-state index in [-0.39, 0.29) is 5.41 Å². The van der Waals surface area contributed by atoms with Gasteiger partial charge in [-0.3, -0.25) is 9.89 Å². The smallest absolute Gasteiger partial charge is 0.133 e. The molecule has 4 fully saturated rings. The molecule has 4 nitrogen and oxygen atoms in total. The molecule has 29 heavy (non-hydrogen) atoms. The Morgan fingerprint density at radius 2 is 1.90 bits per heavy atom. The molecule has 0 aromatic carbocycles. The van der Waals surface area contributed by atoms with Gasteiger partial charge in [0.05, 0.1) is 5.60 Å². The zero-order valence-corrected chi connectivity index (χ0v) is 18.4. The standard InChI is InChI=1S/C25H38N2O2/c1-16(28)20-6-7-21-19-5-4-17-14-25(29,15-18-9-13-26-27-18)12-11-23(17,2)22(19)8-10-24(20,21)3/h9,13,17,19-22,29H,4-8,10-12,14-15H2,1-3H3,(H,26,27)/t17?,19-,20+,21-,22-,23-,24+,25+/m0/s1. The number of carbonyl (C=O) groups is 1. The van der Waals surface area contributed by atoms with Crippen LogP contribution in [0.25, 0.3) is 0 Å². The van der Waals surface area contributed by atoms with Gasteiger partial charge in [0, 0.05) is 24.2 Å². The van der Waals surface area contributed by atoms with E-state index >= 15 is 0 Å². The molecule has 8 atom stereocenters. The molecule has 4 aliphatic carbocycles. The van der Waals surface area contributed by atoms with E-state index in [2.05, 4.69) is 24.0 Å². The number of hydrogen-bond acceptors (Lipinski definition) is 3. The highest BCUT2D eigenvalue weighted by atomic mass is 16.3. The van der Waals surface area contributed by atoms with Crippen LogP contribution in [0.3, 0.4) is 0 Å². The van der Waals surface area contributed by atoms with Crippen molar-refractivity contribution in [2.75, 3.05) is 0 Å². The number of hydrogen-bond donors (Lipinski definition) is 2. The molecule has 5 rings (SSSR count). The summed E-state index contributed by atoms with van der Waals surface area (Å²) >= 11 is 0. The van der Waals surface area contributed by atoms with Gasteiger partial charge in [-0.1, -0.05) is 13.8 Å². The molecule has 4 aliphatic rings. The predicted molar refractivity (Wildman–Crippen MR) is 113 cm³/mol. The molecule has 160 valence electrons. The Morgan fingerprint density at radius 1 is 1.10 bits per heavy atom. The van der Waals surface area contributed by atoms with Gasteiger partial charge in [-0.2, -0.15) is 5.10 Å². The summed E-state index contributed by atoms with van der Waals surface area (Å²) in [5.74, 6) is 3.65. The Labute approximate surface area is 175 Å². The quantitative estimate of drug-likeness (QED) is 0.758. The van der Waals surface area contributed by atoms with E-state index in [0.29, 0.717) is 29.5 Å². The molecular weight excluding hydrogens is 360 g/mol. The van der Waals surface area contributed by atoms with E-state index in [1.54, 1.807) is 6.20 Å². The van der Waals surface area contributed by atoms with E-state index in [1.165, 1.54) is 32.1 Å². The third kappa shape index (κ3) is 2.96. The maximum absolute atomic E-state index is 12.3. The number of carbonyl (C=O) groups excluding carboxylic acids is 1. The molecule has 0 aliphatic heterocycles. The normalized spacial score (nSPS) is 49.2. The lowest BCUT2D eigenvalue weighted by Gasteiger charge is -2.62. The molecule has 1 unspecified atom stereocenters. The Kier molecular flexibility index (Phi) is 4.55. The molecule has 2 N–H and O–H groups in total. The molecule has 0 saturated heterocycles. The molecule has 0 amide bonds. The molecule has 1 aromatic heterocycles. The first-order chi connectivity index (χ1) is 13.8. The first kappa shape index (κ1) is 19.8. The van der Waals surface area contributed by atoms with Crippen molar-refractivity contribution in [2.24, 2.45) is 40.4 Å². The first-order valence-electron chi connectivity index (χ1n) is 12.0. The minimum atomic E-state index is -0.584. The second-order valence-electron chi connectivity index (χ2n) is 11.6. The fraction of sp³-hybridized carbons (Fsp3) is 0.840. The number of ketones is 1. The van der Waals surface area contributed by atoms with Gasteiger partial charge in [0.15, 0.2) is 0 Å². The van der Waals surface area contributed by atoms with Gasteiger partial charge in [0.25, 0.3) is 0 Å². The lowest BCUT2D eigenvalue weighted by atomic mass is 9.43. The van der Waals surface area contributed by atoms with Gasteiger partial charge in [-0.05, 0) is 105 Å². The van der Waals surface area contributed by atoms with Crippen molar-refractivity contribution in [1.29, 1.82) is 0 Å². The average molecular weight is 399 g/mol. The van der Waals surface area contributed by atoms with Crippen LogP contribution in [0.4, 0.5) is 0 Å². The van der Waals surface area contributed by atoms with Gasteiger partial charge in [-0.25, -0.2) is 0 Å². The predicted octanol–water partition coefficient (Wildman–Crippen LogP) is 4.93. The molecular formula is C25H38N2O2. The van der Waals surface area contributed by atoms with Crippen LogP contribution in [0.2, 0.25) is 0 Å². The van der Waals surface area contributed by atoms with E-state index in [4.69, 9.17) is 0 Å². The van der Waals surface area contributed by atoms with Crippen LogP contribution in [0, 0.1) is 40.4 Å². The zero-order valence-electron chi connectivity index (χ0n) is 18.4. The molecule has 4 saturated carbocycles. The van der Waals surface area contributed by atoms with Gasteiger partial charge in [0.1, 0.15) is 5.78 Å². The number of rotatable bonds is 3. The Hall–Kier alpha value is -1.16. The van der Waals surface area contributed by atoms with Crippen molar-refractivity contribution in [2.45, 2.75) is 90.6 Å². The number of aromatic nitrogens is 2. The van der Waals surface area contributed by atoms with Crippen LogP contribution in [0.5, 0.6) is 0 Å². The van der Waals surface area contributed by atoms with Crippen LogP contribution in [-0.4, -0.2) is 26.7 Å². The van der Waals surface area contributed by atoms with Crippen LogP contribution < -0.4 is 0 Å². The second-order valence-corrected chi connectivity index (χ2v) is 11.6. The summed E-state index contributed by atoms with van der Waals surface area (Å²) in [5.41, 5.74) is 1.07. The maximum Gasteiger partial charge on any atom is 0.133 e. The zero-order chi connectivity index (χ0) is 20.4. The minimum absolute atomic E-state index is 0.242. The van der Waals surface area contributed by atoms with Gasteiger partial charge >= 0.3 is 0 Å². The lowest BCUT2D eigenvalue weighted by Crippen LogP contribution is -2.56. The molecule has 4 heteroatoms. The minimum Gasteiger partial charge on any atom is -0.389 e. The summed E-state index contributed by atoms with van der Waals surface area (Å²) in [5, 5.41) is 18.5. The van der Waals surface area contributed by atoms with Crippen molar-refractivity contribution in [3.63, 3.8) is 0 Å². The molecule has 1 heterocycles. The largest absolute Gasteiger partial charge is 0.389 e. The SMILES string of the molecule is CC(=O)[C@H]1CC[C@H]2[C@@H]3CCC4C[C@@](O)(Cc5ccn[nH]5)CC[C@]4(C)[C@H]3CC[C@]12C. The van der Waals surface area contributed by atoms with E-state index < -0.39 is 5.60 Å². The summed E-state index contributed by atoms with van der Waals surface area (Å²) in [6, 6.07) is 2.00. The highest BCUT2D eigenvalue weighted by molar-refractivity contribution is 5.79. The lowest BCUT2D eigenvalue weighted by molar-refractivity contribution is -0.153. The van der Waals surface area contributed by atoms with Gasteiger partial charge in [-0.15, -0.1) is 0 Å². The average Bonchev–Trinajstić information content (AvgIpc) is 3.29. The summed E-state index contributed by atoms with van der Waals surface area (Å²) in [6.45, 7) is 6.81. The third-order valence-corrected chi connectivity index (χ3v) is 10.4. The Morgan fingerprint density at radius 3 is 2.62 bits per heavy atom. The Balaban J connectivity index is 1.35. The maximum atomic E-state index is 12.3. The summed E-state index contributed by atoms with van der Waals surface area (Å²) in [4.78, 5) is 12.3. The summed E-state index contributed by atoms with van der Waals surface area (Å²) in [7, 11) is 0. The van der Waals surface area contributed by atoms with Gasteiger partial charge in [0.2, 0.25) is 0 Å².